The molecule has 4 heteroatoms. The maximum Gasteiger partial charge on any atom is 0.184 e. The van der Waals surface area contributed by atoms with Crippen molar-refractivity contribution in [1.82, 2.24) is 4.98 Å². The van der Waals surface area contributed by atoms with Crippen LogP contribution in [0.15, 0.2) is 5.38 Å². The van der Waals surface area contributed by atoms with Crippen molar-refractivity contribution >= 4 is 28.1 Å². The minimum Gasteiger partial charge on any atom is -0.361 e. The molecule has 2 nitrogen and oxygen atoms in total. The van der Waals surface area contributed by atoms with Crippen molar-refractivity contribution in [2.45, 2.75) is 27.7 Å². The van der Waals surface area contributed by atoms with Gasteiger partial charge in [-0.25, -0.2) is 4.98 Å². The van der Waals surface area contributed by atoms with Crippen LogP contribution in [0.5, 0.6) is 0 Å². The molecule has 14 heavy (non-hydrogen) atoms. The summed E-state index contributed by atoms with van der Waals surface area (Å²) < 4.78 is 0. The Morgan fingerprint density at radius 2 is 2.21 bits per heavy atom. The van der Waals surface area contributed by atoms with E-state index >= 15 is 0 Å². The predicted molar refractivity (Wildman–Crippen MR) is 64.2 cm³/mol. The second kappa shape index (κ2) is 4.49. The Bertz CT molecular complexity index is 294. The molecular formula is C10H17ClN2S. The molecule has 1 rings (SSSR count). The molecule has 0 amide bonds. The van der Waals surface area contributed by atoms with Crippen LogP contribution in [-0.2, 0) is 0 Å². The van der Waals surface area contributed by atoms with Crippen molar-refractivity contribution in [3.8, 4) is 0 Å². The van der Waals surface area contributed by atoms with E-state index in [2.05, 4.69) is 38.0 Å². The molecule has 1 aromatic rings. The van der Waals surface area contributed by atoms with E-state index in [0.29, 0.717) is 11.1 Å². The second-order valence-corrected chi connectivity index (χ2v) is 5.72. The minimum absolute atomic E-state index is 0.276. The van der Waals surface area contributed by atoms with E-state index in [1.165, 1.54) is 0 Å². The molecule has 0 aliphatic heterocycles. The van der Waals surface area contributed by atoms with Gasteiger partial charge < -0.3 is 5.32 Å². The molecular weight excluding hydrogens is 216 g/mol. The molecule has 0 aliphatic carbocycles. The molecule has 0 spiro atoms. The first-order valence-corrected chi connectivity index (χ1v) is 6.02. The molecule has 0 radical (unpaired) electrons. The van der Waals surface area contributed by atoms with Crippen molar-refractivity contribution < 1.29 is 0 Å². The quantitative estimate of drug-likeness (QED) is 0.852. The number of hydrogen-bond donors (Lipinski definition) is 1. The van der Waals surface area contributed by atoms with Crippen LogP contribution in [0.4, 0.5) is 5.13 Å². The molecule has 1 aromatic heterocycles. The first kappa shape index (κ1) is 11.8. The van der Waals surface area contributed by atoms with Gasteiger partial charge in [-0.3, -0.25) is 0 Å². The lowest BCUT2D eigenvalue weighted by Gasteiger charge is -2.29. The second-order valence-electron chi connectivity index (χ2n) is 4.47. The molecule has 1 heterocycles. The Balaban J connectivity index is 2.48. The number of anilines is 1. The minimum atomic E-state index is 0.276. The van der Waals surface area contributed by atoms with Crippen LogP contribution in [0.3, 0.4) is 0 Å². The lowest BCUT2D eigenvalue weighted by Crippen LogP contribution is -2.28. The van der Waals surface area contributed by atoms with E-state index in [9.17, 15) is 0 Å². The van der Waals surface area contributed by atoms with E-state index in [1.54, 1.807) is 11.3 Å². The Hall–Kier alpha value is -0.280. The average molecular weight is 233 g/mol. The van der Waals surface area contributed by atoms with Gasteiger partial charge in [0.2, 0.25) is 0 Å². The fraction of sp³-hybridized carbons (Fsp3) is 0.700. The first-order chi connectivity index (χ1) is 6.42. The van der Waals surface area contributed by atoms with Crippen molar-refractivity contribution in [3.05, 3.63) is 10.5 Å². The van der Waals surface area contributed by atoms with E-state index < -0.39 is 0 Å². The molecule has 0 saturated carbocycles. The Kier molecular flexibility index (Phi) is 3.78. The molecule has 0 aromatic carbocycles. The van der Waals surface area contributed by atoms with Gasteiger partial charge in [-0.05, 0) is 11.3 Å². The van der Waals surface area contributed by atoms with E-state index in [-0.39, 0.29) is 5.41 Å². The van der Waals surface area contributed by atoms with Gasteiger partial charge in [0.05, 0.1) is 0 Å². The maximum absolute atomic E-state index is 5.73. The number of halogens is 1. The zero-order valence-electron chi connectivity index (χ0n) is 9.10. The van der Waals surface area contributed by atoms with E-state index in [0.717, 1.165) is 11.7 Å². The Labute approximate surface area is 94.7 Å². The third-order valence-electron chi connectivity index (χ3n) is 2.73. The highest BCUT2D eigenvalue weighted by Crippen LogP contribution is 2.27. The lowest BCUT2D eigenvalue weighted by molar-refractivity contribution is 0.269. The number of nitrogens with zero attached hydrogens (tertiary/aromatic N) is 1. The summed E-state index contributed by atoms with van der Waals surface area (Å²) >= 11 is 7.28. The van der Waals surface area contributed by atoms with Gasteiger partial charge in [0.15, 0.2) is 5.13 Å². The Morgan fingerprint density at radius 3 is 2.64 bits per heavy atom. The third kappa shape index (κ3) is 3.14. The number of hydrogen-bond acceptors (Lipinski definition) is 3. The normalized spacial score (nSPS) is 12.1. The zero-order chi connectivity index (χ0) is 10.8. The average Bonchev–Trinajstić information content (AvgIpc) is 2.48. The smallest absolute Gasteiger partial charge is 0.184 e. The first-order valence-electron chi connectivity index (χ1n) is 4.77. The predicted octanol–water partition coefficient (Wildman–Crippen LogP) is 3.89. The Morgan fingerprint density at radius 1 is 1.57 bits per heavy atom. The van der Waals surface area contributed by atoms with Crippen LogP contribution < -0.4 is 5.32 Å². The van der Waals surface area contributed by atoms with Crippen molar-refractivity contribution in [3.63, 3.8) is 0 Å². The van der Waals surface area contributed by atoms with Crippen LogP contribution in [0.1, 0.15) is 27.7 Å². The summed E-state index contributed by atoms with van der Waals surface area (Å²) in [6.07, 6.45) is 0. The topological polar surface area (TPSA) is 24.9 Å². The highest BCUT2D eigenvalue weighted by Gasteiger charge is 2.22. The van der Waals surface area contributed by atoms with Gasteiger partial charge in [0, 0.05) is 11.9 Å². The van der Waals surface area contributed by atoms with E-state index in [1.807, 2.05) is 5.38 Å². The summed E-state index contributed by atoms with van der Waals surface area (Å²) in [4.78, 5) is 4.15. The fourth-order valence-corrected chi connectivity index (χ4v) is 1.68. The van der Waals surface area contributed by atoms with Crippen LogP contribution in [0.2, 0.25) is 5.15 Å². The van der Waals surface area contributed by atoms with Crippen molar-refractivity contribution in [1.29, 1.82) is 0 Å². The summed E-state index contributed by atoms with van der Waals surface area (Å²) in [7, 11) is 0. The molecule has 0 saturated heterocycles. The van der Waals surface area contributed by atoms with Gasteiger partial charge in [-0.2, -0.15) is 0 Å². The molecule has 0 aliphatic rings. The number of aromatic nitrogens is 1. The summed E-state index contributed by atoms with van der Waals surface area (Å²) in [6, 6.07) is 0. The molecule has 0 fully saturated rings. The van der Waals surface area contributed by atoms with Crippen LogP contribution in [-0.4, -0.2) is 11.5 Å². The molecule has 80 valence electrons. The standard InChI is InChI=1S/C10H17ClN2S/c1-7(2)10(3,4)6-12-9-13-8(11)5-14-9/h5,7H,6H2,1-4H3,(H,12,13). The van der Waals surface area contributed by atoms with Crippen molar-refractivity contribution in [2.24, 2.45) is 11.3 Å². The van der Waals surface area contributed by atoms with Crippen LogP contribution in [0.25, 0.3) is 0 Å². The van der Waals surface area contributed by atoms with Gasteiger partial charge in [-0.15, -0.1) is 11.3 Å². The zero-order valence-corrected chi connectivity index (χ0v) is 10.7. The maximum atomic E-state index is 5.73. The van der Waals surface area contributed by atoms with Crippen LogP contribution in [0, 0.1) is 11.3 Å². The van der Waals surface area contributed by atoms with E-state index in [4.69, 9.17) is 11.6 Å². The van der Waals surface area contributed by atoms with Crippen molar-refractivity contribution in [2.75, 3.05) is 11.9 Å². The van der Waals surface area contributed by atoms with Gasteiger partial charge >= 0.3 is 0 Å². The third-order valence-corrected chi connectivity index (χ3v) is 3.86. The highest BCUT2D eigenvalue weighted by molar-refractivity contribution is 7.14. The number of thiazole rings is 1. The molecule has 1 N–H and O–H groups in total. The number of rotatable bonds is 4. The lowest BCUT2D eigenvalue weighted by atomic mass is 9.81. The van der Waals surface area contributed by atoms with Gasteiger partial charge in [0.25, 0.3) is 0 Å². The SMILES string of the molecule is CC(C)C(C)(C)CNc1nc(Cl)cs1. The molecule has 0 atom stereocenters. The summed E-state index contributed by atoms with van der Waals surface area (Å²) in [5.41, 5.74) is 0.276. The monoisotopic (exact) mass is 232 g/mol. The van der Waals surface area contributed by atoms with Gasteiger partial charge in [0.1, 0.15) is 5.15 Å². The highest BCUT2D eigenvalue weighted by atomic mass is 35.5. The van der Waals surface area contributed by atoms with Crippen LogP contribution >= 0.6 is 22.9 Å². The summed E-state index contributed by atoms with van der Waals surface area (Å²) in [6.45, 7) is 9.89. The fourth-order valence-electron chi connectivity index (χ4n) is 0.843. The largest absolute Gasteiger partial charge is 0.361 e. The summed E-state index contributed by atoms with van der Waals surface area (Å²) in [5.74, 6) is 0.644. The molecule has 0 unspecified atom stereocenters. The number of nitrogens with one attached hydrogen (secondary N) is 1. The molecule has 0 bridgehead atoms. The summed E-state index contributed by atoms with van der Waals surface area (Å²) in [5, 5.41) is 6.63. The van der Waals surface area contributed by atoms with Gasteiger partial charge in [-0.1, -0.05) is 39.3 Å².